The van der Waals surface area contributed by atoms with E-state index in [9.17, 15) is 4.79 Å². The van der Waals surface area contributed by atoms with Crippen LogP contribution in [0.1, 0.15) is 28.2 Å². The van der Waals surface area contributed by atoms with E-state index in [0.717, 1.165) is 27.9 Å². The number of hydrogen-bond acceptors (Lipinski definition) is 4. The van der Waals surface area contributed by atoms with Gasteiger partial charge in [0.25, 0.3) is 5.91 Å². The van der Waals surface area contributed by atoms with Gasteiger partial charge in [-0.05, 0) is 49.7 Å². The van der Waals surface area contributed by atoms with Crippen molar-refractivity contribution < 1.29 is 13.9 Å². The van der Waals surface area contributed by atoms with Crippen LogP contribution in [0.25, 0.3) is 11.3 Å². The number of halogens is 1. The van der Waals surface area contributed by atoms with E-state index in [1.54, 1.807) is 6.26 Å². The molecular weight excluding hydrogens is 408 g/mol. The number of hydrogen-bond donors (Lipinski definition) is 1. The Morgan fingerprint density at radius 1 is 1.22 bits per heavy atom. The van der Waals surface area contributed by atoms with E-state index in [1.165, 1.54) is 0 Å². The number of aromatic nitrogens is 1. The normalized spacial score (nSPS) is 10.7. The molecule has 0 aliphatic heterocycles. The van der Waals surface area contributed by atoms with Crippen molar-refractivity contribution in [3.63, 3.8) is 0 Å². The SMILES string of the molecule is Cc1nc(-c2cccc(Br)c2)ccc1C(=O)NCCCOCc1ccco1. The van der Waals surface area contributed by atoms with Gasteiger partial charge >= 0.3 is 0 Å². The van der Waals surface area contributed by atoms with Crippen LogP contribution in [0.5, 0.6) is 0 Å². The highest BCUT2D eigenvalue weighted by Crippen LogP contribution is 2.22. The van der Waals surface area contributed by atoms with E-state index in [-0.39, 0.29) is 5.91 Å². The Hall–Kier alpha value is -2.44. The van der Waals surface area contributed by atoms with Gasteiger partial charge in [-0.1, -0.05) is 28.1 Å². The van der Waals surface area contributed by atoms with Crippen molar-refractivity contribution in [2.24, 2.45) is 0 Å². The third kappa shape index (κ3) is 5.52. The molecular formula is C21H21BrN2O3. The fraction of sp³-hybridized carbons (Fsp3) is 0.238. The summed E-state index contributed by atoms with van der Waals surface area (Å²) in [6, 6.07) is 15.3. The van der Waals surface area contributed by atoms with E-state index >= 15 is 0 Å². The van der Waals surface area contributed by atoms with Crippen molar-refractivity contribution in [3.8, 4) is 11.3 Å². The van der Waals surface area contributed by atoms with Crippen LogP contribution in [-0.2, 0) is 11.3 Å². The molecule has 0 spiro atoms. The van der Waals surface area contributed by atoms with Crippen LogP contribution < -0.4 is 5.32 Å². The number of amides is 1. The molecule has 1 amide bonds. The lowest BCUT2D eigenvalue weighted by Crippen LogP contribution is -2.26. The lowest BCUT2D eigenvalue weighted by molar-refractivity contribution is 0.0916. The average Bonchev–Trinajstić information content (AvgIpc) is 3.17. The summed E-state index contributed by atoms with van der Waals surface area (Å²) in [5.74, 6) is 0.679. The summed E-state index contributed by atoms with van der Waals surface area (Å²) in [5.41, 5.74) is 3.15. The molecule has 0 bridgehead atoms. The van der Waals surface area contributed by atoms with E-state index in [0.29, 0.717) is 31.0 Å². The van der Waals surface area contributed by atoms with Gasteiger partial charge in [-0.15, -0.1) is 0 Å². The molecule has 3 rings (SSSR count). The van der Waals surface area contributed by atoms with Gasteiger partial charge in [-0.2, -0.15) is 0 Å². The molecule has 0 saturated heterocycles. The van der Waals surface area contributed by atoms with Crippen LogP contribution in [0.2, 0.25) is 0 Å². The minimum atomic E-state index is -0.119. The summed E-state index contributed by atoms with van der Waals surface area (Å²) in [6.07, 6.45) is 2.35. The zero-order valence-corrected chi connectivity index (χ0v) is 16.7. The number of benzene rings is 1. The zero-order valence-electron chi connectivity index (χ0n) is 15.1. The number of furan rings is 1. The molecule has 2 heterocycles. The quantitative estimate of drug-likeness (QED) is 0.525. The standard InChI is InChI=1S/C21H21BrN2O3/c1-15-19(8-9-20(24-15)16-5-2-6-17(22)13-16)21(25)23-10-4-11-26-14-18-7-3-12-27-18/h2-3,5-9,12-13H,4,10-11,14H2,1H3,(H,23,25). The number of nitrogens with zero attached hydrogens (tertiary/aromatic N) is 1. The number of pyridine rings is 1. The van der Waals surface area contributed by atoms with E-state index in [2.05, 4.69) is 26.2 Å². The third-order valence-corrected chi connectivity index (χ3v) is 4.52. The van der Waals surface area contributed by atoms with E-state index in [1.807, 2.05) is 55.5 Å². The Morgan fingerprint density at radius 2 is 2.11 bits per heavy atom. The molecule has 2 aromatic heterocycles. The maximum atomic E-state index is 12.4. The molecule has 0 aliphatic carbocycles. The Bertz CT molecular complexity index is 894. The minimum Gasteiger partial charge on any atom is -0.467 e. The predicted molar refractivity (Wildman–Crippen MR) is 107 cm³/mol. The highest BCUT2D eigenvalue weighted by atomic mass is 79.9. The molecule has 5 nitrogen and oxygen atoms in total. The lowest BCUT2D eigenvalue weighted by atomic mass is 10.1. The second-order valence-corrected chi connectivity index (χ2v) is 7.00. The first kappa shape index (κ1) is 19.3. The topological polar surface area (TPSA) is 64.4 Å². The van der Waals surface area contributed by atoms with Gasteiger partial charge in [-0.3, -0.25) is 9.78 Å². The Kier molecular flexibility index (Phi) is 6.79. The molecule has 0 saturated carbocycles. The molecule has 0 radical (unpaired) electrons. The predicted octanol–water partition coefficient (Wildman–Crippen LogP) is 4.75. The second kappa shape index (κ2) is 9.48. The van der Waals surface area contributed by atoms with Gasteiger partial charge in [0.1, 0.15) is 12.4 Å². The number of carbonyl (C=O) groups is 1. The molecule has 6 heteroatoms. The monoisotopic (exact) mass is 428 g/mol. The fourth-order valence-corrected chi connectivity index (χ4v) is 3.05. The van der Waals surface area contributed by atoms with Gasteiger partial charge in [-0.25, -0.2) is 0 Å². The summed E-state index contributed by atoms with van der Waals surface area (Å²) in [7, 11) is 0. The smallest absolute Gasteiger partial charge is 0.253 e. The van der Waals surface area contributed by atoms with Crippen LogP contribution in [0, 0.1) is 6.92 Å². The van der Waals surface area contributed by atoms with Crippen LogP contribution in [0.15, 0.2) is 63.7 Å². The molecule has 1 aromatic carbocycles. The summed E-state index contributed by atoms with van der Waals surface area (Å²) < 4.78 is 11.7. The number of aryl methyl sites for hydroxylation is 1. The first-order valence-electron chi connectivity index (χ1n) is 8.75. The van der Waals surface area contributed by atoms with Crippen molar-refractivity contribution in [1.82, 2.24) is 10.3 Å². The van der Waals surface area contributed by atoms with E-state index in [4.69, 9.17) is 9.15 Å². The number of rotatable bonds is 8. The molecule has 1 N–H and O–H groups in total. The van der Waals surface area contributed by atoms with Crippen molar-refractivity contribution in [2.45, 2.75) is 20.0 Å². The van der Waals surface area contributed by atoms with Crippen LogP contribution in [0.4, 0.5) is 0 Å². The van der Waals surface area contributed by atoms with Crippen molar-refractivity contribution in [1.29, 1.82) is 0 Å². The molecule has 140 valence electrons. The molecule has 0 aliphatic rings. The zero-order chi connectivity index (χ0) is 19.1. The highest BCUT2D eigenvalue weighted by molar-refractivity contribution is 9.10. The minimum absolute atomic E-state index is 0.119. The van der Waals surface area contributed by atoms with Crippen LogP contribution in [0.3, 0.4) is 0 Å². The number of nitrogens with one attached hydrogen (secondary N) is 1. The Morgan fingerprint density at radius 3 is 2.85 bits per heavy atom. The molecule has 0 fully saturated rings. The highest BCUT2D eigenvalue weighted by Gasteiger charge is 2.11. The lowest BCUT2D eigenvalue weighted by Gasteiger charge is -2.09. The molecule has 0 atom stereocenters. The van der Waals surface area contributed by atoms with Gasteiger partial charge < -0.3 is 14.5 Å². The van der Waals surface area contributed by atoms with Gasteiger partial charge in [0.05, 0.1) is 23.2 Å². The Balaban J connectivity index is 1.48. The van der Waals surface area contributed by atoms with Gasteiger partial charge in [0.15, 0.2) is 0 Å². The summed E-state index contributed by atoms with van der Waals surface area (Å²) in [5, 5.41) is 2.91. The average molecular weight is 429 g/mol. The second-order valence-electron chi connectivity index (χ2n) is 6.08. The number of carbonyl (C=O) groups excluding carboxylic acids is 1. The van der Waals surface area contributed by atoms with Crippen molar-refractivity contribution in [2.75, 3.05) is 13.2 Å². The fourth-order valence-electron chi connectivity index (χ4n) is 2.65. The summed E-state index contributed by atoms with van der Waals surface area (Å²) in [4.78, 5) is 16.9. The maximum Gasteiger partial charge on any atom is 0.253 e. The first-order valence-corrected chi connectivity index (χ1v) is 9.54. The van der Waals surface area contributed by atoms with Gasteiger partial charge in [0.2, 0.25) is 0 Å². The third-order valence-electron chi connectivity index (χ3n) is 4.03. The maximum absolute atomic E-state index is 12.4. The number of ether oxygens (including phenoxy) is 1. The first-order chi connectivity index (χ1) is 13.1. The largest absolute Gasteiger partial charge is 0.467 e. The molecule has 0 unspecified atom stereocenters. The van der Waals surface area contributed by atoms with Crippen molar-refractivity contribution in [3.05, 3.63) is 76.3 Å². The van der Waals surface area contributed by atoms with E-state index < -0.39 is 0 Å². The summed E-state index contributed by atoms with van der Waals surface area (Å²) >= 11 is 3.47. The summed E-state index contributed by atoms with van der Waals surface area (Å²) in [6.45, 7) is 3.40. The molecule has 27 heavy (non-hydrogen) atoms. The Labute approximate surface area is 166 Å². The molecule has 3 aromatic rings. The van der Waals surface area contributed by atoms with Crippen LogP contribution in [-0.4, -0.2) is 24.0 Å². The van der Waals surface area contributed by atoms with Crippen molar-refractivity contribution >= 4 is 21.8 Å². The van der Waals surface area contributed by atoms with Crippen LogP contribution >= 0.6 is 15.9 Å². The van der Waals surface area contributed by atoms with Gasteiger partial charge in [0, 0.05) is 23.2 Å².